The van der Waals surface area contributed by atoms with E-state index in [2.05, 4.69) is 103 Å². The zero-order valence-electron chi connectivity index (χ0n) is 13.3. The van der Waals surface area contributed by atoms with E-state index in [0.717, 1.165) is 6.54 Å². The summed E-state index contributed by atoms with van der Waals surface area (Å²) in [5, 5.41) is 0. The summed E-state index contributed by atoms with van der Waals surface area (Å²) in [5.41, 5.74) is 3.67. The fourth-order valence-corrected chi connectivity index (χ4v) is 1.99. The minimum atomic E-state index is 0.986. The van der Waals surface area contributed by atoms with Crippen LogP contribution >= 0.6 is 11.6 Å². The van der Waals surface area contributed by atoms with Crippen molar-refractivity contribution in [2.24, 2.45) is 0 Å². The highest BCUT2D eigenvalue weighted by Gasteiger charge is 2.02. The molecule has 0 radical (unpaired) electrons. The van der Waals surface area contributed by atoms with E-state index >= 15 is 0 Å². The largest absolute Gasteiger partial charge is 0.378 e. The first kappa shape index (κ1) is 17.3. The Labute approximate surface area is 133 Å². The lowest BCUT2D eigenvalue weighted by atomic mass is 10.1. The van der Waals surface area contributed by atoms with Crippen LogP contribution in [0.1, 0.15) is 18.2 Å². The van der Waals surface area contributed by atoms with E-state index in [9.17, 15) is 0 Å². The van der Waals surface area contributed by atoms with Gasteiger partial charge in [0.25, 0.3) is 0 Å². The van der Waals surface area contributed by atoms with Gasteiger partial charge in [0, 0.05) is 44.4 Å². The molecule has 0 fully saturated rings. The van der Waals surface area contributed by atoms with E-state index in [0.29, 0.717) is 0 Å². The lowest BCUT2D eigenvalue weighted by molar-refractivity contribution is -0.695. The monoisotopic (exact) mass is 303 g/mol. The average molecular weight is 304 g/mol. The number of benzene rings is 1. The molecule has 3 heteroatoms. The Morgan fingerprint density at radius 1 is 1.00 bits per heavy atom. The molecule has 0 bridgehead atoms. The third kappa shape index (κ3) is 5.24. The van der Waals surface area contributed by atoms with Crippen molar-refractivity contribution in [1.82, 2.24) is 0 Å². The summed E-state index contributed by atoms with van der Waals surface area (Å²) >= 11 is 4.64. The van der Waals surface area contributed by atoms with Crippen LogP contribution in [0, 0.1) is 0 Å². The third-order valence-corrected chi connectivity index (χ3v) is 3.17. The van der Waals surface area contributed by atoms with Crippen LogP contribution in [0.5, 0.6) is 0 Å². The van der Waals surface area contributed by atoms with Crippen molar-refractivity contribution in [2.75, 3.05) is 25.4 Å². The van der Waals surface area contributed by atoms with Gasteiger partial charge in [-0.1, -0.05) is 12.1 Å². The molecule has 0 aliphatic carbocycles. The number of hydrogen-bond acceptors (Lipinski definition) is 1. The number of alkyl halides is 1. The van der Waals surface area contributed by atoms with E-state index in [4.69, 9.17) is 0 Å². The summed E-state index contributed by atoms with van der Waals surface area (Å²) in [5.74, 6) is 0. The van der Waals surface area contributed by atoms with Crippen molar-refractivity contribution in [3.8, 4) is 0 Å². The number of halogens is 1. The van der Waals surface area contributed by atoms with Gasteiger partial charge in [-0.05, 0) is 36.8 Å². The second-order valence-corrected chi connectivity index (χ2v) is 4.73. The molecule has 0 N–H and O–H groups in total. The number of aryl methyl sites for hydroxylation is 1. The molecule has 1 heterocycles. The van der Waals surface area contributed by atoms with Crippen LogP contribution in [0.25, 0.3) is 12.2 Å². The number of nitrogens with zero attached hydrogens (tertiary/aromatic N) is 2. The minimum absolute atomic E-state index is 0.986. The normalized spacial score (nSPS) is 10.1. The fourth-order valence-electron chi connectivity index (χ4n) is 1.99. The van der Waals surface area contributed by atoms with Gasteiger partial charge in [-0.25, -0.2) is 0 Å². The van der Waals surface area contributed by atoms with Crippen LogP contribution in [0.2, 0.25) is 0 Å². The van der Waals surface area contributed by atoms with E-state index in [1.807, 2.05) is 0 Å². The zero-order valence-corrected chi connectivity index (χ0v) is 14.0. The number of hydrogen-bond donors (Lipinski definition) is 0. The maximum absolute atomic E-state index is 4.64. The van der Waals surface area contributed by atoms with Gasteiger partial charge >= 0.3 is 0 Å². The second kappa shape index (κ2) is 9.19. The van der Waals surface area contributed by atoms with Gasteiger partial charge in [-0.15, -0.1) is 11.6 Å². The van der Waals surface area contributed by atoms with E-state index in [-0.39, 0.29) is 0 Å². The summed E-state index contributed by atoms with van der Waals surface area (Å²) in [6.07, 6.45) is 7.89. The highest BCUT2D eigenvalue weighted by molar-refractivity contribution is 6.15. The first-order chi connectivity index (χ1) is 10.2. The van der Waals surface area contributed by atoms with Gasteiger partial charge in [-0.2, -0.15) is 4.57 Å². The number of anilines is 1. The Morgan fingerprint density at radius 2 is 1.67 bits per heavy atom. The summed E-state index contributed by atoms with van der Waals surface area (Å²) in [6, 6.07) is 14.8. The molecule has 0 spiro atoms. The fraction of sp³-hybridized carbons (Fsp3) is 0.278. The van der Waals surface area contributed by atoms with Gasteiger partial charge < -0.3 is 4.90 Å². The SMILES string of the molecule is CC[n+]1ccccc1/C=C/c1ccc(N(C)C)cc1.CCl. The average Bonchev–Trinajstić information content (AvgIpc) is 2.55. The predicted molar refractivity (Wildman–Crippen MR) is 93.8 cm³/mol. The molecule has 1 aromatic carbocycles. The molecule has 1 aromatic heterocycles. The molecule has 112 valence electrons. The van der Waals surface area contributed by atoms with E-state index < -0.39 is 0 Å². The zero-order chi connectivity index (χ0) is 15.7. The Kier molecular flexibility index (Phi) is 7.55. The Morgan fingerprint density at radius 3 is 2.24 bits per heavy atom. The summed E-state index contributed by atoms with van der Waals surface area (Å²) in [7, 11) is 4.11. The molecule has 0 unspecified atom stereocenters. The molecule has 0 saturated carbocycles. The molecular weight excluding hydrogens is 280 g/mol. The van der Waals surface area contributed by atoms with Crippen molar-refractivity contribution in [3.05, 3.63) is 59.9 Å². The van der Waals surface area contributed by atoms with Crippen LogP contribution in [-0.2, 0) is 6.54 Å². The smallest absolute Gasteiger partial charge is 0.205 e. The molecule has 0 saturated heterocycles. The number of pyridine rings is 1. The van der Waals surface area contributed by atoms with Gasteiger partial charge in [-0.3, -0.25) is 0 Å². The molecule has 2 rings (SSSR count). The highest BCUT2D eigenvalue weighted by Crippen LogP contribution is 2.13. The number of rotatable bonds is 4. The second-order valence-electron chi connectivity index (χ2n) is 4.73. The van der Waals surface area contributed by atoms with Crippen LogP contribution in [0.15, 0.2) is 48.7 Å². The quantitative estimate of drug-likeness (QED) is 0.609. The third-order valence-electron chi connectivity index (χ3n) is 3.17. The molecule has 0 amide bonds. The van der Waals surface area contributed by atoms with Gasteiger partial charge in [0.15, 0.2) is 6.20 Å². The topological polar surface area (TPSA) is 7.12 Å². The van der Waals surface area contributed by atoms with Crippen molar-refractivity contribution in [1.29, 1.82) is 0 Å². The van der Waals surface area contributed by atoms with Crippen LogP contribution < -0.4 is 9.47 Å². The predicted octanol–water partition coefficient (Wildman–Crippen LogP) is 4.09. The molecule has 2 aromatic rings. The highest BCUT2D eigenvalue weighted by atomic mass is 35.5. The first-order valence-electron chi connectivity index (χ1n) is 7.02. The minimum Gasteiger partial charge on any atom is -0.378 e. The van der Waals surface area contributed by atoms with Gasteiger partial charge in [0.05, 0.1) is 0 Å². The molecule has 0 aliphatic heterocycles. The lowest BCUT2D eigenvalue weighted by Gasteiger charge is -2.11. The Hall–Kier alpha value is -1.80. The first-order valence-corrected chi connectivity index (χ1v) is 7.78. The van der Waals surface area contributed by atoms with Crippen molar-refractivity contribution >= 4 is 29.4 Å². The van der Waals surface area contributed by atoms with Crippen molar-refractivity contribution in [2.45, 2.75) is 13.5 Å². The Balaban J connectivity index is 0.00000106. The summed E-state index contributed by atoms with van der Waals surface area (Å²) in [6.45, 7) is 3.14. The lowest BCUT2D eigenvalue weighted by Crippen LogP contribution is -2.34. The standard InChI is InChI=1S/C17H21N2.CH3Cl/c1-4-19-14-6-5-7-17(19)13-10-15-8-11-16(12-9-15)18(2)3;1-2/h5-14H,4H2,1-3H3;1H3/q+1;. The van der Waals surface area contributed by atoms with E-state index in [1.165, 1.54) is 23.3 Å². The molecule has 2 nitrogen and oxygen atoms in total. The summed E-state index contributed by atoms with van der Waals surface area (Å²) < 4.78 is 2.23. The summed E-state index contributed by atoms with van der Waals surface area (Å²) in [4.78, 5) is 2.11. The van der Waals surface area contributed by atoms with Crippen LogP contribution in [-0.4, -0.2) is 20.5 Å². The van der Waals surface area contributed by atoms with Crippen molar-refractivity contribution < 1.29 is 4.57 Å². The Bertz CT molecular complexity index is 560. The van der Waals surface area contributed by atoms with Crippen LogP contribution in [0.3, 0.4) is 0 Å². The molecule has 21 heavy (non-hydrogen) atoms. The van der Waals surface area contributed by atoms with Crippen molar-refractivity contribution in [3.63, 3.8) is 0 Å². The maximum atomic E-state index is 4.64. The van der Waals surface area contributed by atoms with Gasteiger partial charge in [0.2, 0.25) is 5.69 Å². The molecule has 0 atom stereocenters. The van der Waals surface area contributed by atoms with Crippen LogP contribution in [0.4, 0.5) is 5.69 Å². The number of aromatic nitrogens is 1. The van der Waals surface area contributed by atoms with E-state index in [1.54, 1.807) is 0 Å². The molecule has 0 aliphatic rings. The van der Waals surface area contributed by atoms with Gasteiger partial charge in [0.1, 0.15) is 6.54 Å². The molecular formula is C18H24ClN2+. The maximum Gasteiger partial charge on any atom is 0.205 e.